The molecule has 0 bridgehead atoms. The maximum Gasteiger partial charge on any atom is 0.185 e. The van der Waals surface area contributed by atoms with E-state index in [-0.39, 0.29) is 5.78 Å². The summed E-state index contributed by atoms with van der Waals surface area (Å²) >= 11 is 0. The van der Waals surface area contributed by atoms with E-state index in [0.717, 1.165) is 16.8 Å². The van der Waals surface area contributed by atoms with Gasteiger partial charge in [0.05, 0.1) is 0 Å². The van der Waals surface area contributed by atoms with Crippen LogP contribution in [0.25, 0.3) is 6.08 Å². The molecule has 3 rings (SSSR count). The number of carbonyl (C=O) groups is 1. The average Bonchev–Trinajstić information content (AvgIpc) is 2.81. The van der Waals surface area contributed by atoms with E-state index >= 15 is 0 Å². The second-order valence-electron chi connectivity index (χ2n) is 6.45. The van der Waals surface area contributed by atoms with Gasteiger partial charge in [-0.15, -0.1) is 6.42 Å². The van der Waals surface area contributed by atoms with Crippen molar-refractivity contribution in [1.82, 2.24) is 0 Å². The van der Waals surface area contributed by atoms with Crippen LogP contribution in [0.5, 0.6) is 0 Å². The van der Waals surface area contributed by atoms with Crippen molar-refractivity contribution >= 4 is 17.5 Å². The third kappa shape index (κ3) is 8.63. The highest BCUT2D eigenvalue weighted by atomic mass is 16.1. The van der Waals surface area contributed by atoms with Crippen molar-refractivity contribution in [3.8, 4) is 12.3 Å². The summed E-state index contributed by atoms with van der Waals surface area (Å²) in [6.45, 7) is 8.19. The molecular formula is C28H31NO. The van der Waals surface area contributed by atoms with Gasteiger partial charge in [0.25, 0.3) is 0 Å². The second-order valence-corrected chi connectivity index (χ2v) is 6.45. The van der Waals surface area contributed by atoms with Crippen molar-refractivity contribution in [2.24, 2.45) is 0 Å². The lowest BCUT2D eigenvalue weighted by atomic mass is 10.1. The molecule has 0 saturated carbocycles. The van der Waals surface area contributed by atoms with Gasteiger partial charge in [-0.1, -0.05) is 73.4 Å². The first-order valence-corrected chi connectivity index (χ1v) is 10.1. The molecule has 0 heterocycles. The molecule has 1 N–H and O–H groups in total. The van der Waals surface area contributed by atoms with Crippen molar-refractivity contribution in [1.29, 1.82) is 0 Å². The van der Waals surface area contributed by atoms with Crippen LogP contribution in [0, 0.1) is 26.2 Å². The van der Waals surface area contributed by atoms with E-state index in [9.17, 15) is 4.79 Å². The zero-order chi connectivity index (χ0) is 22.4. The minimum Gasteiger partial charge on any atom is -0.388 e. The third-order valence-electron chi connectivity index (χ3n) is 4.16. The monoisotopic (exact) mass is 397 g/mol. The molecular weight excluding hydrogens is 366 g/mol. The van der Waals surface area contributed by atoms with Crippen molar-refractivity contribution in [3.63, 3.8) is 0 Å². The summed E-state index contributed by atoms with van der Waals surface area (Å²) in [4.78, 5) is 12.0. The first kappa shape index (κ1) is 24.5. The molecule has 3 aromatic carbocycles. The molecule has 0 saturated heterocycles. The van der Waals surface area contributed by atoms with Gasteiger partial charge in [-0.3, -0.25) is 4.79 Å². The maximum absolute atomic E-state index is 12.0. The molecule has 0 spiro atoms. The van der Waals surface area contributed by atoms with E-state index in [4.69, 9.17) is 6.42 Å². The highest BCUT2D eigenvalue weighted by Crippen LogP contribution is 2.11. The highest BCUT2D eigenvalue weighted by Gasteiger charge is 2.01. The maximum atomic E-state index is 12.0. The highest BCUT2D eigenvalue weighted by molar-refractivity contribution is 6.06. The van der Waals surface area contributed by atoms with Gasteiger partial charge < -0.3 is 5.32 Å². The van der Waals surface area contributed by atoms with Crippen LogP contribution in [-0.2, 0) is 0 Å². The van der Waals surface area contributed by atoms with E-state index in [0.29, 0.717) is 5.56 Å². The number of nitrogens with one attached hydrogen (secondary N) is 1. The summed E-state index contributed by atoms with van der Waals surface area (Å²) < 4.78 is 0. The number of benzene rings is 3. The molecule has 0 unspecified atom stereocenters. The van der Waals surface area contributed by atoms with Crippen LogP contribution in [-0.4, -0.2) is 12.8 Å². The molecule has 3 aromatic rings. The molecule has 0 aliphatic rings. The Kier molecular flexibility index (Phi) is 11.1. The minimum atomic E-state index is -0.0289. The quantitative estimate of drug-likeness (QED) is 0.294. The van der Waals surface area contributed by atoms with Crippen LogP contribution in [0.4, 0.5) is 5.69 Å². The van der Waals surface area contributed by atoms with Crippen LogP contribution in [0.1, 0.15) is 46.5 Å². The lowest BCUT2D eigenvalue weighted by Crippen LogP contribution is -1.95. The number of anilines is 1. The molecule has 154 valence electrons. The number of aryl methyl sites for hydroxylation is 2. The number of allylic oxidation sites excluding steroid dienone is 1. The molecule has 0 amide bonds. The number of ketones is 1. The predicted octanol–water partition coefficient (Wildman–Crippen LogP) is 6.94. The SMILES string of the molecule is C#Cc1cccc(/C=C/C(=O)c2ccc(NC)cc2)c1.CC.Cc1ccc(C)cc1. The fourth-order valence-electron chi connectivity index (χ4n) is 2.44. The minimum absolute atomic E-state index is 0.0289. The number of carbonyl (C=O) groups excluding carboxylic acids is 1. The molecule has 0 aliphatic heterocycles. The fraction of sp³-hybridized carbons (Fsp3) is 0.179. The largest absolute Gasteiger partial charge is 0.388 e. The zero-order valence-corrected chi connectivity index (χ0v) is 18.6. The Morgan fingerprint density at radius 2 is 1.47 bits per heavy atom. The Hall–Kier alpha value is -3.57. The molecule has 0 aromatic heterocycles. The molecule has 30 heavy (non-hydrogen) atoms. The van der Waals surface area contributed by atoms with Gasteiger partial charge in [0.1, 0.15) is 0 Å². The average molecular weight is 398 g/mol. The summed E-state index contributed by atoms with van der Waals surface area (Å²) in [5.41, 5.74) is 6.02. The van der Waals surface area contributed by atoms with Gasteiger partial charge in [-0.05, 0) is 61.9 Å². The smallest absolute Gasteiger partial charge is 0.185 e. The molecule has 0 aliphatic carbocycles. The van der Waals surface area contributed by atoms with Crippen LogP contribution in [0.2, 0.25) is 0 Å². The summed E-state index contributed by atoms with van der Waals surface area (Å²) in [6.07, 6.45) is 8.68. The van der Waals surface area contributed by atoms with E-state index < -0.39 is 0 Å². The van der Waals surface area contributed by atoms with E-state index in [1.807, 2.05) is 57.3 Å². The van der Waals surface area contributed by atoms with Gasteiger partial charge in [0.2, 0.25) is 0 Å². The Labute approximate surface area is 181 Å². The number of rotatable bonds is 4. The first-order chi connectivity index (χ1) is 14.5. The standard InChI is InChI=1S/C18H15NO.C8H10.C2H6/c1-3-14-5-4-6-15(13-14)7-12-18(20)16-8-10-17(19-2)11-9-16;1-7-3-5-8(2)6-4-7;1-2/h1,4-13,19H,2H3;3-6H,1-2H3;1-2H3/b12-7+;;. The van der Waals surface area contributed by atoms with Crippen LogP contribution >= 0.6 is 0 Å². The van der Waals surface area contributed by atoms with Gasteiger partial charge in [-0.25, -0.2) is 0 Å². The lowest BCUT2D eigenvalue weighted by Gasteiger charge is -2.00. The molecule has 0 atom stereocenters. The van der Waals surface area contributed by atoms with Crippen LogP contribution < -0.4 is 5.32 Å². The number of hydrogen-bond acceptors (Lipinski definition) is 2. The van der Waals surface area contributed by atoms with Crippen LogP contribution in [0.15, 0.2) is 78.9 Å². The summed E-state index contributed by atoms with van der Waals surface area (Å²) in [5.74, 6) is 2.54. The second kappa shape index (κ2) is 13.6. The molecule has 0 fully saturated rings. The van der Waals surface area contributed by atoms with Crippen molar-refractivity contribution in [3.05, 3.63) is 107 Å². The Bertz CT molecular complexity index is 953. The van der Waals surface area contributed by atoms with Gasteiger partial charge in [0.15, 0.2) is 5.78 Å². The molecule has 2 nitrogen and oxygen atoms in total. The van der Waals surface area contributed by atoms with E-state index in [1.54, 1.807) is 24.3 Å². The van der Waals surface area contributed by atoms with Gasteiger partial charge in [0, 0.05) is 23.9 Å². The van der Waals surface area contributed by atoms with E-state index in [1.165, 1.54) is 11.1 Å². The normalized spacial score (nSPS) is 9.47. The van der Waals surface area contributed by atoms with Gasteiger partial charge in [-0.2, -0.15) is 0 Å². The van der Waals surface area contributed by atoms with Crippen molar-refractivity contribution in [2.45, 2.75) is 27.7 Å². The van der Waals surface area contributed by atoms with Crippen LogP contribution in [0.3, 0.4) is 0 Å². The van der Waals surface area contributed by atoms with E-state index in [2.05, 4.69) is 49.4 Å². The summed E-state index contributed by atoms with van der Waals surface area (Å²) in [5, 5.41) is 3.02. The number of terminal acetylenes is 1. The predicted molar refractivity (Wildman–Crippen MR) is 131 cm³/mol. The fourth-order valence-corrected chi connectivity index (χ4v) is 2.44. The lowest BCUT2D eigenvalue weighted by molar-refractivity contribution is 0.104. The van der Waals surface area contributed by atoms with Crippen molar-refractivity contribution < 1.29 is 4.79 Å². The zero-order valence-electron chi connectivity index (χ0n) is 18.6. The van der Waals surface area contributed by atoms with Gasteiger partial charge >= 0.3 is 0 Å². The Morgan fingerprint density at radius 3 is 1.97 bits per heavy atom. The Balaban J connectivity index is 0.000000375. The number of hydrogen-bond donors (Lipinski definition) is 1. The summed E-state index contributed by atoms with van der Waals surface area (Å²) in [7, 11) is 1.84. The van der Waals surface area contributed by atoms with Crippen molar-refractivity contribution in [2.75, 3.05) is 12.4 Å². The summed E-state index contributed by atoms with van der Waals surface area (Å²) in [6, 6.07) is 23.3. The first-order valence-electron chi connectivity index (χ1n) is 10.1. The molecule has 2 heteroatoms. The Morgan fingerprint density at radius 1 is 0.900 bits per heavy atom. The molecule has 0 radical (unpaired) electrons. The third-order valence-corrected chi connectivity index (χ3v) is 4.16. The topological polar surface area (TPSA) is 29.1 Å².